The predicted molar refractivity (Wildman–Crippen MR) is 54.6 cm³/mol. The Morgan fingerprint density at radius 2 is 1.93 bits per heavy atom. The van der Waals surface area contributed by atoms with Gasteiger partial charge in [0.1, 0.15) is 0 Å². The number of hydrogen-bond donors (Lipinski definition) is 0. The van der Waals surface area contributed by atoms with Gasteiger partial charge in [-0.25, -0.2) is 8.42 Å². The molecule has 0 fully saturated rings. The predicted octanol–water partition coefficient (Wildman–Crippen LogP) is 1.62. The first-order valence-electron chi connectivity index (χ1n) is 4.13. The summed E-state index contributed by atoms with van der Waals surface area (Å²) in [5.74, 6) is -0.303. The van der Waals surface area contributed by atoms with E-state index in [4.69, 9.17) is 4.74 Å². The zero-order valence-corrected chi connectivity index (χ0v) is 8.53. The van der Waals surface area contributed by atoms with Gasteiger partial charge in [0.15, 0.2) is 5.94 Å². The van der Waals surface area contributed by atoms with Crippen LogP contribution in [0.25, 0.3) is 0 Å². The van der Waals surface area contributed by atoms with Crippen molar-refractivity contribution in [3.8, 4) is 0 Å². The first-order valence-corrected chi connectivity index (χ1v) is 5.78. The molecule has 14 heavy (non-hydrogen) atoms. The highest BCUT2D eigenvalue weighted by Gasteiger charge is 2.12. The minimum atomic E-state index is -3.30. The average molecular weight is 212 g/mol. The quantitative estimate of drug-likeness (QED) is 0.550. The Hall–Kier alpha value is -1.13. The van der Waals surface area contributed by atoms with Crippen LogP contribution in [0.4, 0.5) is 0 Å². The lowest BCUT2D eigenvalue weighted by molar-refractivity contribution is 0.209. The maximum atomic E-state index is 11.5. The van der Waals surface area contributed by atoms with Gasteiger partial charge < -0.3 is 4.74 Å². The highest BCUT2D eigenvalue weighted by Crippen LogP contribution is 2.09. The van der Waals surface area contributed by atoms with Gasteiger partial charge in [0.05, 0.1) is 11.5 Å². The molecule has 76 valence electrons. The summed E-state index contributed by atoms with van der Waals surface area (Å²) in [5, 5.41) is 0. The lowest BCUT2D eigenvalue weighted by atomic mass is 10.4. The molecule has 0 aromatic heterocycles. The van der Waals surface area contributed by atoms with E-state index >= 15 is 0 Å². The summed E-state index contributed by atoms with van der Waals surface area (Å²) >= 11 is 0. The Kier molecular flexibility index (Phi) is 3.85. The van der Waals surface area contributed by atoms with Crippen LogP contribution < -0.4 is 0 Å². The topological polar surface area (TPSA) is 43.4 Å². The van der Waals surface area contributed by atoms with Crippen LogP contribution in [-0.2, 0) is 14.6 Å². The number of benzene rings is 1. The summed E-state index contributed by atoms with van der Waals surface area (Å²) in [7, 11) is -3.30. The molecule has 0 saturated carbocycles. The Bertz CT molecular complexity index is 381. The molecule has 0 bridgehead atoms. The molecule has 0 spiro atoms. The molecule has 0 aliphatic rings. The summed E-state index contributed by atoms with van der Waals surface area (Å²) in [5.41, 5.74) is 0. The van der Waals surface area contributed by atoms with Crippen LogP contribution in [0.3, 0.4) is 0 Å². The SMILES string of the molecule is C=CCOCS(=O)(=O)c1ccccc1. The summed E-state index contributed by atoms with van der Waals surface area (Å²) in [6.07, 6.45) is 1.51. The maximum Gasteiger partial charge on any atom is 0.202 e. The highest BCUT2D eigenvalue weighted by atomic mass is 32.2. The molecule has 1 aromatic carbocycles. The molecule has 0 amide bonds. The molecule has 3 nitrogen and oxygen atoms in total. The fourth-order valence-electron chi connectivity index (χ4n) is 0.937. The van der Waals surface area contributed by atoms with Crippen molar-refractivity contribution < 1.29 is 13.2 Å². The monoisotopic (exact) mass is 212 g/mol. The van der Waals surface area contributed by atoms with Crippen LogP contribution in [0.1, 0.15) is 0 Å². The zero-order valence-electron chi connectivity index (χ0n) is 7.72. The smallest absolute Gasteiger partial charge is 0.202 e. The highest BCUT2D eigenvalue weighted by molar-refractivity contribution is 7.91. The van der Waals surface area contributed by atoms with Gasteiger partial charge in [-0.2, -0.15) is 0 Å². The van der Waals surface area contributed by atoms with Gasteiger partial charge in [0.25, 0.3) is 0 Å². The van der Waals surface area contributed by atoms with E-state index in [2.05, 4.69) is 6.58 Å². The number of rotatable bonds is 5. The number of ether oxygens (including phenoxy) is 1. The standard InChI is InChI=1S/C10H12O3S/c1-2-8-13-9-14(11,12)10-6-4-3-5-7-10/h2-7H,1,8-9H2. The van der Waals surface area contributed by atoms with Gasteiger partial charge >= 0.3 is 0 Å². The van der Waals surface area contributed by atoms with Crippen LogP contribution in [0.5, 0.6) is 0 Å². The third kappa shape index (κ3) is 2.97. The van der Waals surface area contributed by atoms with Crippen LogP contribution in [0.2, 0.25) is 0 Å². The summed E-state index contributed by atoms with van der Waals surface area (Å²) < 4.78 is 28.0. The minimum Gasteiger partial charge on any atom is -0.361 e. The minimum absolute atomic E-state index is 0.242. The van der Waals surface area contributed by atoms with Crippen LogP contribution >= 0.6 is 0 Å². The normalized spacial score (nSPS) is 11.1. The Labute approximate surface area is 83.9 Å². The van der Waals surface area contributed by atoms with Crippen molar-refractivity contribution in [1.82, 2.24) is 0 Å². The summed E-state index contributed by atoms with van der Waals surface area (Å²) in [6.45, 7) is 3.68. The number of hydrogen-bond acceptors (Lipinski definition) is 3. The van der Waals surface area contributed by atoms with E-state index in [1.54, 1.807) is 30.3 Å². The first kappa shape index (κ1) is 10.9. The van der Waals surface area contributed by atoms with Crippen molar-refractivity contribution in [2.45, 2.75) is 4.90 Å². The lowest BCUT2D eigenvalue weighted by Crippen LogP contribution is -2.09. The molecule has 1 rings (SSSR count). The van der Waals surface area contributed by atoms with Crippen molar-refractivity contribution in [3.63, 3.8) is 0 Å². The van der Waals surface area contributed by atoms with E-state index in [9.17, 15) is 8.42 Å². The number of sulfone groups is 1. The lowest BCUT2D eigenvalue weighted by Gasteiger charge is -2.03. The average Bonchev–Trinajstić information content (AvgIpc) is 2.19. The van der Waals surface area contributed by atoms with Gasteiger partial charge in [-0.1, -0.05) is 24.3 Å². The van der Waals surface area contributed by atoms with E-state index in [0.717, 1.165) is 0 Å². The Balaban J connectivity index is 2.72. The molecular weight excluding hydrogens is 200 g/mol. The second-order valence-corrected chi connectivity index (χ2v) is 4.64. The maximum absolute atomic E-state index is 11.5. The molecule has 0 heterocycles. The zero-order chi connectivity index (χ0) is 10.4. The molecule has 0 radical (unpaired) electrons. The van der Waals surface area contributed by atoms with E-state index in [1.807, 2.05) is 0 Å². The van der Waals surface area contributed by atoms with Gasteiger partial charge in [-0.05, 0) is 12.1 Å². The van der Waals surface area contributed by atoms with E-state index in [0.29, 0.717) is 0 Å². The van der Waals surface area contributed by atoms with Gasteiger partial charge in [-0.15, -0.1) is 6.58 Å². The Morgan fingerprint density at radius 3 is 2.50 bits per heavy atom. The molecule has 0 N–H and O–H groups in total. The molecule has 0 saturated heterocycles. The third-order valence-corrected chi connectivity index (χ3v) is 3.04. The van der Waals surface area contributed by atoms with Crippen molar-refractivity contribution in [2.24, 2.45) is 0 Å². The Morgan fingerprint density at radius 1 is 1.29 bits per heavy atom. The molecule has 0 atom stereocenters. The van der Waals surface area contributed by atoms with Gasteiger partial charge in [-0.3, -0.25) is 0 Å². The third-order valence-electron chi connectivity index (χ3n) is 1.58. The van der Waals surface area contributed by atoms with Crippen molar-refractivity contribution in [1.29, 1.82) is 0 Å². The largest absolute Gasteiger partial charge is 0.361 e. The molecule has 0 aliphatic heterocycles. The van der Waals surface area contributed by atoms with Crippen LogP contribution in [-0.4, -0.2) is 21.0 Å². The molecule has 1 aromatic rings. The summed E-state index contributed by atoms with van der Waals surface area (Å²) in [6, 6.07) is 8.23. The first-order chi connectivity index (χ1) is 6.67. The summed E-state index contributed by atoms with van der Waals surface area (Å²) in [4.78, 5) is 0.282. The second-order valence-electron chi connectivity index (χ2n) is 2.71. The fraction of sp³-hybridized carbons (Fsp3) is 0.200. The van der Waals surface area contributed by atoms with E-state index < -0.39 is 9.84 Å². The van der Waals surface area contributed by atoms with Crippen molar-refractivity contribution >= 4 is 9.84 Å². The molecular formula is C10H12O3S. The van der Waals surface area contributed by atoms with Crippen LogP contribution in [0.15, 0.2) is 47.9 Å². The van der Waals surface area contributed by atoms with Crippen molar-refractivity contribution in [2.75, 3.05) is 12.5 Å². The fourth-order valence-corrected chi connectivity index (χ4v) is 1.96. The van der Waals surface area contributed by atoms with Gasteiger partial charge in [0, 0.05) is 0 Å². The van der Waals surface area contributed by atoms with Crippen LogP contribution in [0, 0.1) is 0 Å². The van der Waals surface area contributed by atoms with Gasteiger partial charge in [0.2, 0.25) is 9.84 Å². The van der Waals surface area contributed by atoms with E-state index in [-0.39, 0.29) is 17.4 Å². The molecule has 0 unspecified atom stereocenters. The molecule has 0 aliphatic carbocycles. The second kappa shape index (κ2) is 4.93. The van der Waals surface area contributed by atoms with Crippen molar-refractivity contribution in [3.05, 3.63) is 43.0 Å². The van der Waals surface area contributed by atoms with E-state index in [1.165, 1.54) is 6.08 Å². The molecule has 4 heteroatoms.